The van der Waals surface area contributed by atoms with E-state index in [1.54, 1.807) is 6.20 Å². The van der Waals surface area contributed by atoms with Crippen molar-refractivity contribution in [2.75, 3.05) is 47.4 Å². The van der Waals surface area contributed by atoms with Crippen molar-refractivity contribution in [3.8, 4) is 0 Å². The van der Waals surface area contributed by atoms with E-state index in [4.69, 9.17) is 22.1 Å². The summed E-state index contributed by atoms with van der Waals surface area (Å²) in [6.45, 7) is 4.12. The molecule has 1 aromatic heterocycles. The van der Waals surface area contributed by atoms with E-state index >= 15 is 0 Å². The molecule has 1 saturated heterocycles. The summed E-state index contributed by atoms with van der Waals surface area (Å²) in [6.07, 6.45) is 1.62. The summed E-state index contributed by atoms with van der Waals surface area (Å²) in [7, 11) is 6.14. The van der Waals surface area contributed by atoms with Gasteiger partial charge < -0.3 is 20.3 Å². The summed E-state index contributed by atoms with van der Waals surface area (Å²) in [5, 5.41) is 4.95. The Bertz CT molecular complexity index is 436. The van der Waals surface area contributed by atoms with Crippen molar-refractivity contribution in [2.24, 2.45) is 5.73 Å². The van der Waals surface area contributed by atoms with Crippen LogP contribution in [-0.2, 0) is 11.3 Å². The molecular formula is C13H24ClN5O. The van der Waals surface area contributed by atoms with Crippen molar-refractivity contribution in [1.29, 1.82) is 0 Å². The number of nitrogens with two attached hydrogens (primary N) is 1. The summed E-state index contributed by atoms with van der Waals surface area (Å²) in [5.74, 6) is 0. The molecule has 2 unspecified atom stereocenters. The van der Waals surface area contributed by atoms with E-state index in [0.717, 1.165) is 31.9 Å². The van der Waals surface area contributed by atoms with Crippen molar-refractivity contribution in [3.63, 3.8) is 0 Å². The van der Waals surface area contributed by atoms with Gasteiger partial charge in [0.05, 0.1) is 42.2 Å². The highest BCUT2D eigenvalue weighted by molar-refractivity contribution is 6.31. The molecule has 6 nitrogen and oxygen atoms in total. The molecule has 0 bridgehead atoms. The average molecular weight is 302 g/mol. The maximum atomic E-state index is 6.37. The molecule has 7 heteroatoms. The molecule has 2 rings (SSSR count). The maximum absolute atomic E-state index is 6.37. The van der Waals surface area contributed by atoms with Crippen molar-refractivity contribution >= 4 is 11.6 Å². The lowest BCUT2D eigenvalue weighted by atomic mass is 10.1. The van der Waals surface area contributed by atoms with Crippen LogP contribution in [0, 0.1) is 0 Å². The van der Waals surface area contributed by atoms with Gasteiger partial charge in [-0.3, -0.25) is 4.68 Å². The number of rotatable bonds is 5. The minimum absolute atomic E-state index is 0.0407. The molecule has 1 aliphatic heterocycles. The van der Waals surface area contributed by atoms with Crippen LogP contribution >= 0.6 is 11.6 Å². The zero-order valence-electron chi connectivity index (χ0n) is 12.4. The van der Waals surface area contributed by atoms with E-state index in [2.05, 4.69) is 21.9 Å². The minimum Gasteiger partial charge on any atom is -0.374 e. The van der Waals surface area contributed by atoms with Gasteiger partial charge in [-0.05, 0) is 21.1 Å². The highest BCUT2D eigenvalue weighted by Crippen LogP contribution is 2.26. The van der Waals surface area contributed by atoms with Gasteiger partial charge in [-0.1, -0.05) is 11.6 Å². The third-order valence-electron chi connectivity index (χ3n) is 3.61. The normalized spacial score (nSPS) is 22.4. The van der Waals surface area contributed by atoms with Crippen LogP contribution < -0.4 is 5.73 Å². The fraction of sp³-hybridized carbons (Fsp3) is 0.769. The molecular weight excluding hydrogens is 278 g/mol. The van der Waals surface area contributed by atoms with E-state index in [1.807, 2.05) is 18.8 Å². The molecule has 0 aromatic carbocycles. The van der Waals surface area contributed by atoms with Crippen molar-refractivity contribution in [2.45, 2.75) is 18.7 Å². The van der Waals surface area contributed by atoms with E-state index in [-0.39, 0.29) is 12.1 Å². The van der Waals surface area contributed by atoms with Gasteiger partial charge in [0.2, 0.25) is 0 Å². The van der Waals surface area contributed by atoms with Gasteiger partial charge in [-0.15, -0.1) is 0 Å². The van der Waals surface area contributed by atoms with Crippen molar-refractivity contribution < 1.29 is 4.74 Å². The van der Waals surface area contributed by atoms with Crippen LogP contribution in [0.3, 0.4) is 0 Å². The molecule has 0 spiro atoms. The van der Waals surface area contributed by atoms with Crippen LogP contribution in [0.5, 0.6) is 0 Å². The average Bonchev–Trinajstić information content (AvgIpc) is 2.76. The molecule has 1 fully saturated rings. The summed E-state index contributed by atoms with van der Waals surface area (Å²) in [4.78, 5) is 4.33. The number of nitrogens with zero attached hydrogens (tertiary/aromatic N) is 4. The lowest BCUT2D eigenvalue weighted by molar-refractivity contribution is -0.0339. The topological polar surface area (TPSA) is 59.5 Å². The largest absolute Gasteiger partial charge is 0.374 e. The number of hydrogen-bond donors (Lipinski definition) is 1. The zero-order valence-corrected chi connectivity index (χ0v) is 13.2. The Balaban J connectivity index is 2.11. The first kappa shape index (κ1) is 15.7. The maximum Gasteiger partial charge on any atom is 0.0910 e. The summed E-state index contributed by atoms with van der Waals surface area (Å²) >= 11 is 6.26. The molecule has 0 amide bonds. The van der Waals surface area contributed by atoms with Gasteiger partial charge in [0.1, 0.15) is 0 Å². The van der Waals surface area contributed by atoms with Crippen molar-refractivity contribution in [3.05, 3.63) is 16.9 Å². The highest BCUT2D eigenvalue weighted by Gasteiger charge is 2.29. The van der Waals surface area contributed by atoms with Gasteiger partial charge in [-0.2, -0.15) is 5.10 Å². The highest BCUT2D eigenvalue weighted by atomic mass is 35.5. The number of halogens is 1. The lowest BCUT2D eigenvalue weighted by Crippen LogP contribution is -2.46. The first-order valence-corrected chi connectivity index (χ1v) is 7.28. The predicted molar refractivity (Wildman–Crippen MR) is 80.0 cm³/mol. The Hall–Kier alpha value is -0.660. The van der Waals surface area contributed by atoms with Crippen LogP contribution in [0.15, 0.2) is 6.20 Å². The molecule has 1 aromatic rings. The fourth-order valence-electron chi connectivity index (χ4n) is 2.38. The Labute approximate surface area is 125 Å². The molecule has 2 heterocycles. The van der Waals surface area contributed by atoms with Crippen LogP contribution in [0.2, 0.25) is 5.02 Å². The first-order chi connectivity index (χ1) is 9.49. The minimum atomic E-state index is -0.255. The molecule has 2 N–H and O–H groups in total. The second-order valence-corrected chi connectivity index (χ2v) is 6.01. The van der Waals surface area contributed by atoms with E-state index < -0.39 is 0 Å². The SMILES string of the molecule is CN(C)CCn1ncc(Cl)c1C(N)C1CN(C)CCO1. The number of likely N-dealkylation sites (N-methyl/N-ethyl adjacent to an activating group) is 2. The molecule has 114 valence electrons. The fourth-order valence-corrected chi connectivity index (χ4v) is 2.65. The number of ether oxygens (including phenoxy) is 1. The Kier molecular flexibility index (Phi) is 5.40. The summed E-state index contributed by atoms with van der Waals surface area (Å²) in [6, 6.07) is -0.255. The Morgan fingerprint density at radius 2 is 2.35 bits per heavy atom. The predicted octanol–water partition coefficient (Wildman–Crippen LogP) is 0.429. The van der Waals surface area contributed by atoms with Gasteiger partial charge >= 0.3 is 0 Å². The molecule has 20 heavy (non-hydrogen) atoms. The Morgan fingerprint density at radius 1 is 1.60 bits per heavy atom. The Morgan fingerprint density at radius 3 is 3.00 bits per heavy atom. The monoisotopic (exact) mass is 301 g/mol. The molecule has 0 radical (unpaired) electrons. The zero-order chi connectivity index (χ0) is 14.7. The van der Waals surface area contributed by atoms with E-state index in [1.165, 1.54) is 0 Å². The second-order valence-electron chi connectivity index (χ2n) is 5.60. The third kappa shape index (κ3) is 3.71. The molecule has 0 aliphatic carbocycles. The quantitative estimate of drug-likeness (QED) is 0.854. The molecule has 2 atom stereocenters. The molecule has 1 aliphatic rings. The van der Waals surface area contributed by atoms with Crippen LogP contribution in [0.25, 0.3) is 0 Å². The number of morpholine rings is 1. The smallest absolute Gasteiger partial charge is 0.0910 e. The van der Waals surface area contributed by atoms with E-state index in [9.17, 15) is 0 Å². The van der Waals surface area contributed by atoms with Gasteiger partial charge in [0, 0.05) is 19.6 Å². The van der Waals surface area contributed by atoms with Gasteiger partial charge in [-0.25, -0.2) is 0 Å². The lowest BCUT2D eigenvalue weighted by Gasteiger charge is -2.33. The van der Waals surface area contributed by atoms with Gasteiger partial charge in [0.25, 0.3) is 0 Å². The number of aromatic nitrogens is 2. The van der Waals surface area contributed by atoms with Crippen molar-refractivity contribution in [1.82, 2.24) is 19.6 Å². The second kappa shape index (κ2) is 6.87. The van der Waals surface area contributed by atoms with Gasteiger partial charge in [0.15, 0.2) is 0 Å². The molecule has 0 saturated carbocycles. The first-order valence-electron chi connectivity index (χ1n) is 6.90. The van der Waals surface area contributed by atoms with Crippen LogP contribution in [0.1, 0.15) is 11.7 Å². The summed E-state index contributed by atoms with van der Waals surface area (Å²) < 4.78 is 7.69. The van der Waals surface area contributed by atoms with Crippen LogP contribution in [-0.4, -0.2) is 73.1 Å². The number of hydrogen-bond acceptors (Lipinski definition) is 5. The summed E-state index contributed by atoms with van der Waals surface area (Å²) in [5.41, 5.74) is 7.24. The standard InChI is InChI=1S/C13H24ClN5O/c1-17(2)4-5-19-13(10(14)8-16-19)12(15)11-9-18(3)6-7-20-11/h8,11-12H,4-7,9,15H2,1-3H3. The van der Waals surface area contributed by atoms with Crippen LogP contribution in [0.4, 0.5) is 0 Å². The van der Waals surface area contributed by atoms with E-state index in [0.29, 0.717) is 11.6 Å². The third-order valence-corrected chi connectivity index (χ3v) is 3.90.